The van der Waals surface area contributed by atoms with Gasteiger partial charge in [-0.05, 0) is 37.4 Å². The van der Waals surface area contributed by atoms with Crippen LogP contribution in [0.25, 0.3) is 10.9 Å². The summed E-state index contributed by atoms with van der Waals surface area (Å²) in [5.74, 6) is 0.363. The Bertz CT molecular complexity index is 587. The molecular weight excluding hydrogens is 248 g/mol. The summed E-state index contributed by atoms with van der Waals surface area (Å²) in [6, 6.07) is 8.90. The number of nitrogens with one attached hydrogen (secondary N) is 2. The molecule has 3 rings (SSSR count). The lowest BCUT2D eigenvalue weighted by Crippen LogP contribution is -2.32. The van der Waals surface area contributed by atoms with E-state index < -0.39 is 0 Å². The van der Waals surface area contributed by atoms with E-state index in [9.17, 15) is 0 Å². The standard InChI is InChI=1S/C17H22N2O/c20-12-13-5-7-15(8-6-13)18-10-9-14-11-19-17-4-2-1-3-16(14)17/h1-5,7,11,13,15,18-20H,6,8-10,12H2/t13-,15+/m1/s1. The molecule has 0 saturated carbocycles. The number of fused-ring (bicyclic) bond motifs is 1. The van der Waals surface area contributed by atoms with E-state index in [2.05, 4.69) is 52.9 Å². The number of benzene rings is 1. The van der Waals surface area contributed by atoms with Crippen LogP contribution in [0.5, 0.6) is 0 Å². The Hall–Kier alpha value is -1.58. The molecule has 0 spiro atoms. The highest BCUT2D eigenvalue weighted by atomic mass is 16.3. The molecular formula is C17H22N2O. The molecule has 2 aromatic rings. The monoisotopic (exact) mass is 270 g/mol. The van der Waals surface area contributed by atoms with E-state index in [1.54, 1.807) is 0 Å². The van der Waals surface area contributed by atoms with E-state index in [1.165, 1.54) is 16.5 Å². The maximum absolute atomic E-state index is 9.10. The maximum Gasteiger partial charge on any atom is 0.0493 e. The summed E-state index contributed by atoms with van der Waals surface area (Å²) in [6.45, 7) is 1.26. The predicted octanol–water partition coefficient (Wildman–Crippen LogP) is 2.63. The quantitative estimate of drug-likeness (QED) is 0.731. The van der Waals surface area contributed by atoms with Crippen LogP contribution in [-0.4, -0.2) is 29.3 Å². The first-order valence-corrected chi connectivity index (χ1v) is 7.44. The molecule has 106 valence electrons. The van der Waals surface area contributed by atoms with Gasteiger partial charge >= 0.3 is 0 Å². The van der Waals surface area contributed by atoms with Gasteiger partial charge in [0.2, 0.25) is 0 Å². The van der Waals surface area contributed by atoms with Crippen LogP contribution in [0.2, 0.25) is 0 Å². The topological polar surface area (TPSA) is 48.0 Å². The molecule has 1 aromatic heterocycles. The highest BCUT2D eigenvalue weighted by molar-refractivity contribution is 5.83. The zero-order chi connectivity index (χ0) is 13.8. The molecule has 0 saturated heterocycles. The van der Waals surface area contributed by atoms with Gasteiger partial charge in [0, 0.05) is 35.7 Å². The lowest BCUT2D eigenvalue weighted by Gasteiger charge is -2.22. The molecule has 0 fully saturated rings. The predicted molar refractivity (Wildman–Crippen MR) is 82.7 cm³/mol. The van der Waals surface area contributed by atoms with Crippen molar-refractivity contribution in [2.45, 2.75) is 25.3 Å². The zero-order valence-corrected chi connectivity index (χ0v) is 11.7. The summed E-state index contributed by atoms with van der Waals surface area (Å²) in [5.41, 5.74) is 2.59. The van der Waals surface area contributed by atoms with Crippen LogP contribution in [0.15, 0.2) is 42.6 Å². The van der Waals surface area contributed by atoms with Crippen LogP contribution in [0.4, 0.5) is 0 Å². The maximum atomic E-state index is 9.10. The van der Waals surface area contributed by atoms with E-state index >= 15 is 0 Å². The number of hydrogen-bond donors (Lipinski definition) is 3. The number of aromatic amines is 1. The number of hydrogen-bond acceptors (Lipinski definition) is 2. The summed E-state index contributed by atoms with van der Waals surface area (Å²) < 4.78 is 0. The molecule has 0 aliphatic heterocycles. The molecule has 0 unspecified atom stereocenters. The number of aliphatic hydroxyl groups excluding tert-OH is 1. The lowest BCUT2D eigenvalue weighted by atomic mass is 9.93. The van der Waals surface area contributed by atoms with Crippen molar-refractivity contribution in [3.05, 3.63) is 48.2 Å². The Morgan fingerprint density at radius 3 is 2.90 bits per heavy atom. The smallest absolute Gasteiger partial charge is 0.0493 e. The minimum absolute atomic E-state index is 0.276. The number of aliphatic hydroxyl groups is 1. The van der Waals surface area contributed by atoms with Gasteiger partial charge in [0.05, 0.1) is 0 Å². The summed E-state index contributed by atoms with van der Waals surface area (Å²) in [6.07, 6.45) is 9.71. The second-order valence-electron chi connectivity index (χ2n) is 5.58. The van der Waals surface area contributed by atoms with Gasteiger partial charge in [-0.3, -0.25) is 0 Å². The Labute approximate surface area is 119 Å². The summed E-state index contributed by atoms with van der Waals surface area (Å²) in [7, 11) is 0. The van der Waals surface area contributed by atoms with Crippen LogP contribution in [0.1, 0.15) is 18.4 Å². The molecule has 2 atom stereocenters. The average Bonchev–Trinajstić information content (AvgIpc) is 2.92. The van der Waals surface area contributed by atoms with Gasteiger partial charge in [0.1, 0.15) is 0 Å². The zero-order valence-electron chi connectivity index (χ0n) is 11.7. The van der Waals surface area contributed by atoms with Crippen molar-refractivity contribution in [2.24, 2.45) is 5.92 Å². The molecule has 1 aliphatic carbocycles. The first-order chi connectivity index (χ1) is 9.86. The minimum atomic E-state index is 0.276. The fraction of sp³-hybridized carbons (Fsp3) is 0.412. The minimum Gasteiger partial charge on any atom is -0.396 e. The first kappa shape index (κ1) is 13.4. The molecule has 0 amide bonds. The third kappa shape index (κ3) is 2.94. The second-order valence-corrected chi connectivity index (χ2v) is 5.58. The van der Waals surface area contributed by atoms with Gasteiger partial charge in [-0.15, -0.1) is 0 Å². The molecule has 1 aliphatic rings. The largest absolute Gasteiger partial charge is 0.396 e. The Kier molecular flexibility index (Phi) is 4.19. The van der Waals surface area contributed by atoms with Crippen LogP contribution >= 0.6 is 0 Å². The van der Waals surface area contributed by atoms with Crippen LogP contribution in [0.3, 0.4) is 0 Å². The van der Waals surface area contributed by atoms with Gasteiger partial charge < -0.3 is 15.4 Å². The molecule has 1 heterocycles. The van der Waals surface area contributed by atoms with Gasteiger partial charge in [-0.2, -0.15) is 0 Å². The van der Waals surface area contributed by atoms with Gasteiger partial charge in [0.25, 0.3) is 0 Å². The van der Waals surface area contributed by atoms with E-state index in [-0.39, 0.29) is 6.61 Å². The Balaban J connectivity index is 1.53. The van der Waals surface area contributed by atoms with Crippen LogP contribution in [-0.2, 0) is 6.42 Å². The third-order valence-corrected chi connectivity index (χ3v) is 4.17. The fourth-order valence-electron chi connectivity index (χ4n) is 2.93. The fourth-order valence-corrected chi connectivity index (χ4v) is 2.93. The number of rotatable bonds is 5. The Morgan fingerprint density at radius 1 is 1.20 bits per heavy atom. The average molecular weight is 270 g/mol. The summed E-state index contributed by atoms with van der Waals surface area (Å²) in [4.78, 5) is 3.32. The first-order valence-electron chi connectivity index (χ1n) is 7.44. The second kappa shape index (κ2) is 6.25. The molecule has 3 N–H and O–H groups in total. The van der Waals surface area contributed by atoms with E-state index in [0.717, 1.165) is 25.8 Å². The van der Waals surface area contributed by atoms with Gasteiger partial charge in [-0.25, -0.2) is 0 Å². The summed E-state index contributed by atoms with van der Waals surface area (Å²) >= 11 is 0. The molecule has 1 aromatic carbocycles. The van der Waals surface area contributed by atoms with Crippen molar-refractivity contribution in [1.29, 1.82) is 0 Å². The van der Waals surface area contributed by atoms with E-state index in [1.807, 2.05) is 0 Å². The van der Waals surface area contributed by atoms with Crippen molar-refractivity contribution >= 4 is 10.9 Å². The molecule has 0 radical (unpaired) electrons. The van der Waals surface area contributed by atoms with Gasteiger partial charge in [0.15, 0.2) is 0 Å². The number of aromatic nitrogens is 1. The SMILES string of the molecule is OC[C@@H]1C=C[C@H](NCCc2c[nH]c3ccccc23)CC1. The normalized spacial score (nSPS) is 22.4. The number of para-hydroxylation sites is 1. The van der Waals surface area contributed by atoms with Crippen molar-refractivity contribution in [1.82, 2.24) is 10.3 Å². The van der Waals surface area contributed by atoms with Crippen molar-refractivity contribution in [3.63, 3.8) is 0 Å². The number of H-pyrrole nitrogens is 1. The summed E-state index contributed by atoms with van der Waals surface area (Å²) in [5, 5.41) is 14.0. The van der Waals surface area contributed by atoms with E-state index in [0.29, 0.717) is 12.0 Å². The lowest BCUT2D eigenvalue weighted by molar-refractivity contribution is 0.237. The van der Waals surface area contributed by atoms with Crippen molar-refractivity contribution in [2.75, 3.05) is 13.2 Å². The molecule has 3 heteroatoms. The van der Waals surface area contributed by atoms with E-state index in [4.69, 9.17) is 5.11 Å². The molecule has 20 heavy (non-hydrogen) atoms. The van der Waals surface area contributed by atoms with Crippen molar-refractivity contribution < 1.29 is 5.11 Å². The van der Waals surface area contributed by atoms with Crippen LogP contribution in [0, 0.1) is 5.92 Å². The third-order valence-electron chi connectivity index (χ3n) is 4.17. The molecule has 0 bridgehead atoms. The van der Waals surface area contributed by atoms with Gasteiger partial charge in [-0.1, -0.05) is 30.4 Å². The molecule has 3 nitrogen and oxygen atoms in total. The Morgan fingerprint density at radius 2 is 2.10 bits per heavy atom. The highest BCUT2D eigenvalue weighted by Gasteiger charge is 2.14. The highest BCUT2D eigenvalue weighted by Crippen LogP contribution is 2.19. The van der Waals surface area contributed by atoms with Crippen molar-refractivity contribution in [3.8, 4) is 0 Å². The van der Waals surface area contributed by atoms with Crippen LogP contribution < -0.4 is 5.32 Å².